The highest BCUT2D eigenvalue weighted by molar-refractivity contribution is 5.79. The van der Waals surface area contributed by atoms with Crippen molar-refractivity contribution in [2.45, 2.75) is 18.1 Å². The highest BCUT2D eigenvalue weighted by Gasteiger charge is 2.29. The van der Waals surface area contributed by atoms with E-state index in [1.807, 2.05) is 48.5 Å². The number of fused-ring (bicyclic) bond motifs is 3. The monoisotopic (exact) mass is 464 g/mol. The molecule has 9 heteroatoms. The van der Waals surface area contributed by atoms with E-state index in [-0.39, 0.29) is 36.1 Å². The Kier molecular flexibility index (Phi) is 6.76. The topological polar surface area (TPSA) is 131 Å². The summed E-state index contributed by atoms with van der Waals surface area (Å²) in [6, 6.07) is 19.6. The molecular formula is C25H24N2O7. The summed E-state index contributed by atoms with van der Waals surface area (Å²) in [4.78, 5) is 22.8. The number of amides is 1. The minimum absolute atomic E-state index is 0.0906. The molecule has 2 unspecified atom stereocenters. The van der Waals surface area contributed by atoms with Gasteiger partial charge in [-0.1, -0.05) is 48.5 Å². The highest BCUT2D eigenvalue weighted by atomic mass is 16.6. The first-order chi connectivity index (χ1) is 16.4. The Morgan fingerprint density at radius 2 is 1.68 bits per heavy atom. The predicted molar refractivity (Wildman–Crippen MR) is 124 cm³/mol. The fourth-order valence-corrected chi connectivity index (χ4v) is 4.17. The average molecular weight is 464 g/mol. The lowest BCUT2D eigenvalue weighted by atomic mass is 9.98. The molecule has 2 atom stereocenters. The molecule has 0 spiro atoms. The largest absolute Gasteiger partial charge is 0.496 e. The number of rotatable bonds is 8. The van der Waals surface area contributed by atoms with Gasteiger partial charge in [0.15, 0.2) is 0 Å². The van der Waals surface area contributed by atoms with E-state index in [2.05, 4.69) is 5.32 Å². The van der Waals surface area contributed by atoms with Crippen molar-refractivity contribution in [1.82, 2.24) is 5.32 Å². The molecule has 0 saturated heterocycles. The molecule has 3 aromatic rings. The summed E-state index contributed by atoms with van der Waals surface area (Å²) in [5.41, 5.74) is 4.17. The Morgan fingerprint density at radius 3 is 2.26 bits per heavy atom. The van der Waals surface area contributed by atoms with Crippen LogP contribution in [-0.2, 0) is 4.74 Å². The summed E-state index contributed by atoms with van der Waals surface area (Å²) in [5.74, 6) is 0.0611. The quantitative estimate of drug-likeness (QED) is 0.343. The number of non-ortho nitro benzene ring substituents is 1. The maximum absolute atomic E-state index is 12.3. The number of methoxy groups -OCH3 is 1. The lowest BCUT2D eigenvalue weighted by Crippen LogP contribution is -2.36. The Balaban J connectivity index is 1.36. The van der Waals surface area contributed by atoms with Crippen LogP contribution in [0.1, 0.15) is 28.7 Å². The van der Waals surface area contributed by atoms with Gasteiger partial charge in [0.25, 0.3) is 5.69 Å². The van der Waals surface area contributed by atoms with E-state index < -0.39 is 23.2 Å². The first kappa shape index (κ1) is 23.2. The van der Waals surface area contributed by atoms with Crippen LogP contribution < -0.4 is 10.1 Å². The predicted octanol–water partition coefficient (Wildman–Crippen LogP) is 3.54. The summed E-state index contributed by atoms with van der Waals surface area (Å²) < 4.78 is 10.4. The molecule has 0 heterocycles. The smallest absolute Gasteiger partial charge is 0.407 e. The van der Waals surface area contributed by atoms with Gasteiger partial charge in [0.2, 0.25) is 0 Å². The van der Waals surface area contributed by atoms with Gasteiger partial charge in [-0.25, -0.2) is 4.79 Å². The van der Waals surface area contributed by atoms with Crippen molar-refractivity contribution >= 4 is 11.8 Å². The maximum atomic E-state index is 12.3. The first-order valence-corrected chi connectivity index (χ1v) is 10.7. The number of nitrogens with zero attached hydrogens (tertiary/aromatic N) is 1. The third-order valence-electron chi connectivity index (χ3n) is 5.87. The molecule has 34 heavy (non-hydrogen) atoms. The maximum Gasteiger partial charge on any atom is 0.407 e. The number of nitro groups is 1. The molecule has 1 aliphatic carbocycles. The summed E-state index contributed by atoms with van der Waals surface area (Å²) in [6.07, 6.45) is -3.65. The van der Waals surface area contributed by atoms with E-state index in [9.17, 15) is 25.1 Å². The normalized spacial score (nSPS) is 14.0. The minimum atomic E-state index is -1.48. The highest BCUT2D eigenvalue weighted by Crippen LogP contribution is 2.44. The van der Waals surface area contributed by atoms with E-state index in [0.717, 1.165) is 28.3 Å². The van der Waals surface area contributed by atoms with Crippen LogP contribution in [-0.4, -0.2) is 47.6 Å². The lowest BCUT2D eigenvalue weighted by Gasteiger charge is -2.20. The summed E-state index contributed by atoms with van der Waals surface area (Å²) >= 11 is 0. The van der Waals surface area contributed by atoms with Crippen molar-refractivity contribution in [2.24, 2.45) is 0 Å². The van der Waals surface area contributed by atoms with Crippen LogP contribution in [0.4, 0.5) is 10.5 Å². The van der Waals surface area contributed by atoms with Crippen LogP contribution in [0.2, 0.25) is 0 Å². The van der Waals surface area contributed by atoms with Gasteiger partial charge in [0, 0.05) is 18.5 Å². The Morgan fingerprint density at radius 1 is 1.06 bits per heavy atom. The van der Waals surface area contributed by atoms with Crippen LogP contribution >= 0.6 is 0 Å². The van der Waals surface area contributed by atoms with E-state index in [1.165, 1.54) is 19.2 Å². The molecule has 0 saturated carbocycles. The van der Waals surface area contributed by atoms with Crippen LogP contribution in [0, 0.1) is 10.1 Å². The van der Waals surface area contributed by atoms with Crippen molar-refractivity contribution in [2.75, 3.05) is 20.3 Å². The van der Waals surface area contributed by atoms with Crippen LogP contribution in [0.25, 0.3) is 11.1 Å². The Hall–Kier alpha value is -3.95. The molecule has 0 aliphatic heterocycles. The fourth-order valence-electron chi connectivity index (χ4n) is 4.17. The van der Waals surface area contributed by atoms with Crippen molar-refractivity contribution in [3.63, 3.8) is 0 Å². The number of aliphatic hydroxyl groups excluding tert-OH is 2. The van der Waals surface area contributed by atoms with Crippen molar-refractivity contribution in [3.8, 4) is 16.9 Å². The first-order valence-electron chi connectivity index (χ1n) is 10.7. The molecule has 1 amide bonds. The molecule has 9 nitrogen and oxygen atoms in total. The second-order valence-corrected chi connectivity index (χ2v) is 7.94. The molecule has 4 rings (SSSR count). The molecule has 0 aromatic heterocycles. The van der Waals surface area contributed by atoms with Gasteiger partial charge in [-0.2, -0.15) is 0 Å². The fraction of sp³-hybridized carbons (Fsp3) is 0.240. The van der Waals surface area contributed by atoms with Crippen LogP contribution in [0.5, 0.6) is 5.75 Å². The number of aliphatic hydroxyl groups is 2. The van der Waals surface area contributed by atoms with Gasteiger partial charge in [0.1, 0.15) is 24.6 Å². The number of benzene rings is 3. The lowest BCUT2D eigenvalue weighted by molar-refractivity contribution is -0.385. The third-order valence-corrected chi connectivity index (χ3v) is 5.87. The molecule has 0 radical (unpaired) electrons. The average Bonchev–Trinajstić information content (AvgIpc) is 3.18. The number of carbonyl (C=O) groups is 1. The molecule has 176 valence electrons. The van der Waals surface area contributed by atoms with E-state index in [1.54, 1.807) is 0 Å². The standard InChI is InChI=1S/C25H24N2O7/c1-33-17-11-15(10-16(12-17)27(31)32)24(29)23(28)13-26-25(30)34-14-22-20-8-4-2-6-18(20)19-7-3-5-9-21(19)22/h2-12,22-24,28-29H,13-14H2,1H3,(H,26,30). The van der Waals surface area contributed by atoms with Crippen molar-refractivity contribution < 1.29 is 29.4 Å². The molecule has 0 fully saturated rings. The number of hydrogen-bond donors (Lipinski definition) is 3. The molecule has 1 aliphatic rings. The number of alkyl carbamates (subject to hydrolysis) is 1. The Labute approximate surface area is 195 Å². The Bertz CT molecular complexity index is 1170. The third kappa shape index (κ3) is 4.70. The van der Waals surface area contributed by atoms with Crippen LogP contribution in [0.3, 0.4) is 0 Å². The number of nitro benzene ring substituents is 1. The van der Waals surface area contributed by atoms with E-state index in [4.69, 9.17) is 9.47 Å². The zero-order valence-corrected chi connectivity index (χ0v) is 18.4. The second kappa shape index (κ2) is 9.90. The number of ether oxygens (including phenoxy) is 2. The molecular weight excluding hydrogens is 440 g/mol. The second-order valence-electron chi connectivity index (χ2n) is 7.94. The minimum Gasteiger partial charge on any atom is -0.496 e. The molecule has 3 aromatic carbocycles. The number of carbonyl (C=O) groups excluding carboxylic acids is 1. The van der Waals surface area contributed by atoms with Crippen molar-refractivity contribution in [1.29, 1.82) is 0 Å². The zero-order chi connectivity index (χ0) is 24.2. The number of nitrogens with one attached hydrogen (secondary N) is 1. The van der Waals surface area contributed by atoms with E-state index >= 15 is 0 Å². The number of hydrogen-bond acceptors (Lipinski definition) is 7. The van der Waals surface area contributed by atoms with Gasteiger partial charge in [-0.05, 0) is 33.9 Å². The zero-order valence-electron chi connectivity index (χ0n) is 18.4. The van der Waals surface area contributed by atoms with E-state index in [0.29, 0.717) is 0 Å². The SMILES string of the molecule is COc1cc(C(O)C(O)CNC(=O)OCC2c3ccccc3-c3ccccc32)cc([N+](=O)[O-])c1. The molecule has 0 bridgehead atoms. The van der Waals surface area contributed by atoms with Gasteiger partial charge in [-0.3, -0.25) is 10.1 Å². The summed E-state index contributed by atoms with van der Waals surface area (Å²) in [6.45, 7) is -0.205. The van der Waals surface area contributed by atoms with Gasteiger partial charge >= 0.3 is 6.09 Å². The van der Waals surface area contributed by atoms with Crippen LogP contribution in [0.15, 0.2) is 66.7 Å². The van der Waals surface area contributed by atoms with Gasteiger partial charge < -0.3 is 25.0 Å². The van der Waals surface area contributed by atoms with Gasteiger partial charge in [-0.15, -0.1) is 0 Å². The molecule has 3 N–H and O–H groups in total. The van der Waals surface area contributed by atoms with Crippen molar-refractivity contribution in [3.05, 3.63) is 93.5 Å². The van der Waals surface area contributed by atoms with Gasteiger partial charge in [0.05, 0.1) is 18.1 Å². The summed E-state index contributed by atoms with van der Waals surface area (Å²) in [5, 5.41) is 34.3. The summed E-state index contributed by atoms with van der Waals surface area (Å²) in [7, 11) is 1.34.